The van der Waals surface area contributed by atoms with E-state index in [1.54, 1.807) is 0 Å². The molecule has 0 aliphatic heterocycles. The highest BCUT2D eigenvalue weighted by atomic mass is 14.9. The van der Waals surface area contributed by atoms with E-state index in [9.17, 15) is 0 Å². The topological polar surface area (TPSA) is 30.1 Å². The number of hydrogen-bond donors (Lipinski definition) is 0. The summed E-state index contributed by atoms with van der Waals surface area (Å²) in [6.07, 6.45) is 0. The van der Waals surface area contributed by atoms with Gasteiger partial charge in [-0.25, -0.2) is 14.8 Å². The fraction of sp³-hybridized carbons (Fsp3) is 0.0208. The zero-order valence-corrected chi connectivity index (χ0v) is 27.7. The Bertz CT molecular complexity index is 2470. The van der Waals surface area contributed by atoms with Crippen LogP contribution in [0, 0.1) is 6.57 Å². The Labute approximate surface area is 298 Å². The molecular formula is C48H31N3. The lowest BCUT2D eigenvalue weighted by molar-refractivity contribution is 0.769. The molecule has 238 valence electrons. The molecule has 51 heavy (non-hydrogen) atoms. The Kier molecular flexibility index (Phi) is 7.42. The molecular weight excluding hydrogens is 619 g/mol. The second-order valence-electron chi connectivity index (χ2n) is 12.8. The van der Waals surface area contributed by atoms with E-state index in [2.05, 4.69) is 144 Å². The summed E-state index contributed by atoms with van der Waals surface area (Å²) >= 11 is 0. The fourth-order valence-electron chi connectivity index (χ4n) is 7.72. The van der Waals surface area contributed by atoms with Crippen molar-refractivity contribution in [2.45, 2.75) is 5.41 Å². The first kappa shape index (κ1) is 30.2. The molecule has 0 saturated carbocycles. The van der Waals surface area contributed by atoms with Gasteiger partial charge >= 0.3 is 0 Å². The first-order valence-electron chi connectivity index (χ1n) is 17.1. The summed E-state index contributed by atoms with van der Waals surface area (Å²) in [6.45, 7) is 8.13. The molecule has 0 fully saturated rings. The maximum atomic E-state index is 8.13. The van der Waals surface area contributed by atoms with Gasteiger partial charge in [-0.15, -0.1) is 0 Å². The Morgan fingerprint density at radius 1 is 0.412 bits per heavy atom. The zero-order valence-electron chi connectivity index (χ0n) is 27.7. The van der Waals surface area contributed by atoms with Crippen molar-refractivity contribution in [3.05, 3.63) is 222 Å². The predicted molar refractivity (Wildman–Crippen MR) is 207 cm³/mol. The third kappa shape index (κ3) is 5.05. The van der Waals surface area contributed by atoms with Crippen LogP contribution in [0.4, 0.5) is 5.69 Å². The lowest BCUT2D eigenvalue weighted by Gasteiger charge is -2.34. The largest absolute Gasteiger partial charge is 0.238 e. The third-order valence-electron chi connectivity index (χ3n) is 9.99. The van der Waals surface area contributed by atoms with E-state index < -0.39 is 5.41 Å². The quantitative estimate of drug-likeness (QED) is 0.168. The zero-order chi connectivity index (χ0) is 34.2. The summed E-state index contributed by atoms with van der Waals surface area (Å²) in [5.74, 6) is 0.693. The molecule has 1 heterocycles. The van der Waals surface area contributed by atoms with Crippen LogP contribution < -0.4 is 0 Å². The van der Waals surface area contributed by atoms with Crippen LogP contribution in [0.3, 0.4) is 0 Å². The highest BCUT2D eigenvalue weighted by Crippen LogP contribution is 2.59. The van der Waals surface area contributed by atoms with Gasteiger partial charge in [0.05, 0.1) is 23.4 Å². The fourth-order valence-corrected chi connectivity index (χ4v) is 7.72. The summed E-state index contributed by atoms with van der Waals surface area (Å²) in [7, 11) is 0. The second-order valence-corrected chi connectivity index (χ2v) is 12.8. The molecule has 7 aromatic carbocycles. The van der Waals surface area contributed by atoms with Crippen LogP contribution in [0.2, 0.25) is 0 Å². The minimum Gasteiger partial charge on any atom is -0.238 e. The van der Waals surface area contributed by atoms with Crippen molar-refractivity contribution in [2.75, 3.05) is 0 Å². The van der Waals surface area contributed by atoms with Crippen molar-refractivity contribution in [1.29, 1.82) is 0 Å². The molecule has 0 bridgehead atoms. The van der Waals surface area contributed by atoms with E-state index in [1.165, 1.54) is 16.7 Å². The van der Waals surface area contributed by atoms with Crippen molar-refractivity contribution in [1.82, 2.24) is 9.97 Å². The molecule has 1 aromatic heterocycles. The van der Waals surface area contributed by atoms with Gasteiger partial charge in [0.2, 0.25) is 0 Å². The Morgan fingerprint density at radius 3 is 1.59 bits per heavy atom. The van der Waals surface area contributed by atoms with Gasteiger partial charge in [-0.2, -0.15) is 0 Å². The maximum Gasteiger partial charge on any atom is 0.195 e. The van der Waals surface area contributed by atoms with Crippen molar-refractivity contribution in [2.24, 2.45) is 0 Å². The average molecular weight is 650 g/mol. The maximum absolute atomic E-state index is 8.13. The van der Waals surface area contributed by atoms with E-state index in [0.717, 1.165) is 55.9 Å². The molecule has 9 rings (SSSR count). The monoisotopic (exact) mass is 649 g/mol. The van der Waals surface area contributed by atoms with Crippen molar-refractivity contribution in [3.8, 4) is 56.2 Å². The van der Waals surface area contributed by atoms with Gasteiger partial charge in [0.25, 0.3) is 0 Å². The van der Waals surface area contributed by atoms with E-state index in [-0.39, 0.29) is 0 Å². The summed E-state index contributed by atoms with van der Waals surface area (Å²) in [5.41, 5.74) is 13.8. The van der Waals surface area contributed by atoms with Gasteiger partial charge in [0.1, 0.15) is 0 Å². The summed E-state index contributed by atoms with van der Waals surface area (Å²) in [6, 6.07) is 65.5. The SMILES string of the molecule is [C-]#[N+]c1cccc2c1-c1ccc(-c3cccc(-c4cc(-c5ccccc5)nc(-c5ccccc5)n4)c3)cc1C2(c1ccccc1)c1ccccc1. The van der Waals surface area contributed by atoms with E-state index in [4.69, 9.17) is 16.5 Å². The van der Waals surface area contributed by atoms with E-state index in [0.29, 0.717) is 11.5 Å². The predicted octanol–water partition coefficient (Wildman–Crippen LogP) is 12.1. The number of rotatable bonds is 6. The molecule has 0 saturated heterocycles. The minimum absolute atomic E-state index is 0.594. The standard InChI is InChI=1S/C48H31N3/c1-49-43-27-15-26-41-46(43)40-29-28-36(31-42(40)48(41,38-22-10-4-11-23-38)39-24-12-5-13-25-39)35-20-14-21-37(30-35)45-32-44(33-16-6-2-7-17-33)50-47(51-45)34-18-8-3-9-19-34/h2-32H. The summed E-state index contributed by atoms with van der Waals surface area (Å²) in [5, 5.41) is 0. The minimum atomic E-state index is -0.594. The molecule has 1 aliphatic carbocycles. The highest BCUT2D eigenvalue weighted by molar-refractivity contribution is 5.95. The normalized spacial score (nSPS) is 12.5. The second kappa shape index (κ2) is 12.5. The lowest BCUT2D eigenvalue weighted by atomic mass is 9.67. The van der Waals surface area contributed by atoms with Gasteiger partial charge in [-0.1, -0.05) is 170 Å². The van der Waals surface area contributed by atoms with Gasteiger partial charge in [0, 0.05) is 16.7 Å². The molecule has 3 nitrogen and oxygen atoms in total. The van der Waals surface area contributed by atoms with E-state index in [1.807, 2.05) is 48.5 Å². The molecule has 1 aliphatic rings. The molecule has 0 N–H and O–H groups in total. The van der Waals surface area contributed by atoms with Crippen LogP contribution in [0.15, 0.2) is 188 Å². The van der Waals surface area contributed by atoms with Crippen LogP contribution in [-0.4, -0.2) is 9.97 Å². The first-order valence-corrected chi connectivity index (χ1v) is 17.1. The van der Waals surface area contributed by atoms with Gasteiger partial charge in [0.15, 0.2) is 11.5 Å². The molecule has 8 aromatic rings. The van der Waals surface area contributed by atoms with Crippen molar-refractivity contribution >= 4 is 5.69 Å². The average Bonchev–Trinajstić information content (AvgIpc) is 3.52. The van der Waals surface area contributed by atoms with Gasteiger partial charge in [-0.05, 0) is 62.7 Å². The van der Waals surface area contributed by atoms with Crippen molar-refractivity contribution < 1.29 is 0 Å². The molecule has 0 unspecified atom stereocenters. The molecule has 3 heteroatoms. The lowest BCUT2D eigenvalue weighted by Crippen LogP contribution is -2.28. The highest BCUT2D eigenvalue weighted by Gasteiger charge is 2.46. The Morgan fingerprint density at radius 2 is 0.941 bits per heavy atom. The number of fused-ring (bicyclic) bond motifs is 3. The summed E-state index contributed by atoms with van der Waals surface area (Å²) in [4.78, 5) is 14.1. The Balaban J connectivity index is 1.24. The molecule has 0 amide bonds. The van der Waals surface area contributed by atoms with Crippen LogP contribution in [0.25, 0.3) is 61.0 Å². The van der Waals surface area contributed by atoms with Gasteiger partial charge < -0.3 is 0 Å². The Hall–Kier alpha value is -6.89. The molecule has 0 radical (unpaired) electrons. The summed E-state index contributed by atoms with van der Waals surface area (Å²) < 4.78 is 0. The van der Waals surface area contributed by atoms with E-state index >= 15 is 0 Å². The van der Waals surface area contributed by atoms with Crippen LogP contribution in [-0.2, 0) is 5.41 Å². The number of nitrogens with zero attached hydrogens (tertiary/aromatic N) is 3. The van der Waals surface area contributed by atoms with Crippen LogP contribution in [0.5, 0.6) is 0 Å². The van der Waals surface area contributed by atoms with Crippen LogP contribution in [0.1, 0.15) is 22.3 Å². The van der Waals surface area contributed by atoms with Crippen LogP contribution >= 0.6 is 0 Å². The molecule has 0 spiro atoms. The van der Waals surface area contributed by atoms with Crippen molar-refractivity contribution in [3.63, 3.8) is 0 Å². The number of aromatic nitrogens is 2. The smallest absolute Gasteiger partial charge is 0.195 e. The number of benzene rings is 7. The molecule has 0 atom stereocenters. The van der Waals surface area contributed by atoms with Gasteiger partial charge in [-0.3, -0.25) is 0 Å². The number of hydrogen-bond acceptors (Lipinski definition) is 2. The third-order valence-corrected chi connectivity index (χ3v) is 9.99. The first-order chi connectivity index (χ1) is 25.2.